The van der Waals surface area contributed by atoms with Crippen LogP contribution in [-0.2, 0) is 14.4 Å². The van der Waals surface area contributed by atoms with E-state index in [0.29, 0.717) is 5.75 Å². The maximum absolute atomic E-state index is 13.1. The highest BCUT2D eigenvalue weighted by molar-refractivity contribution is 8.00. The van der Waals surface area contributed by atoms with E-state index in [-0.39, 0.29) is 11.3 Å². The van der Waals surface area contributed by atoms with Crippen molar-refractivity contribution in [2.24, 2.45) is 5.16 Å². The Morgan fingerprint density at radius 1 is 1.20 bits per heavy atom. The lowest BCUT2D eigenvalue weighted by atomic mass is 10.1. The highest BCUT2D eigenvalue weighted by Gasteiger charge is 2.38. The molecule has 0 fully saturated rings. The zero-order valence-electron chi connectivity index (χ0n) is 13.9. The number of ether oxygens (including phenoxy) is 1. The molecule has 0 amide bonds. The fourth-order valence-electron chi connectivity index (χ4n) is 1.66. The Balaban J connectivity index is 2.82. The molecule has 0 radical (unpaired) electrons. The second-order valence-electron chi connectivity index (χ2n) is 4.97. The Bertz CT molecular complexity index is 658. The summed E-state index contributed by atoms with van der Waals surface area (Å²) in [5, 5.41) is 2.86. The average molecular weight is 399 g/mol. The summed E-state index contributed by atoms with van der Waals surface area (Å²) in [5.74, 6) is 0.984. The van der Waals surface area contributed by atoms with E-state index in [4.69, 9.17) is 4.74 Å². The first-order valence-electron chi connectivity index (χ1n) is 7.48. The first-order valence-corrected chi connectivity index (χ1v) is 10.2. The van der Waals surface area contributed by atoms with Crippen LogP contribution in [0, 0.1) is 0 Å². The summed E-state index contributed by atoms with van der Waals surface area (Å²) in [5.41, 5.74) is -1.74. The highest BCUT2D eigenvalue weighted by atomic mass is 32.2. The Kier molecular flexibility index (Phi) is 8.57. The van der Waals surface area contributed by atoms with Crippen LogP contribution in [0.15, 0.2) is 29.4 Å². The van der Waals surface area contributed by atoms with Crippen molar-refractivity contribution in [2.75, 3.05) is 24.4 Å². The highest BCUT2D eigenvalue weighted by Crippen LogP contribution is 2.24. The van der Waals surface area contributed by atoms with Gasteiger partial charge in [0.25, 0.3) is 0 Å². The molecule has 1 aromatic rings. The van der Waals surface area contributed by atoms with Gasteiger partial charge in [-0.05, 0) is 36.4 Å². The summed E-state index contributed by atoms with van der Waals surface area (Å²) >= 11 is 1.40. The van der Waals surface area contributed by atoms with Gasteiger partial charge in [0.05, 0.1) is 12.9 Å². The molecule has 25 heavy (non-hydrogen) atoms. The van der Waals surface area contributed by atoms with E-state index in [0.717, 1.165) is 30.7 Å². The summed E-state index contributed by atoms with van der Waals surface area (Å²) in [6, 6.07) is 4.88. The molecule has 0 spiro atoms. The van der Waals surface area contributed by atoms with Crippen LogP contribution >= 0.6 is 11.8 Å². The number of halogens is 3. The second kappa shape index (κ2) is 9.91. The zero-order chi connectivity index (χ0) is 18.9. The molecule has 0 bridgehead atoms. The Morgan fingerprint density at radius 3 is 2.36 bits per heavy atom. The summed E-state index contributed by atoms with van der Waals surface area (Å²) < 4.78 is 71.8. The van der Waals surface area contributed by atoms with E-state index >= 15 is 0 Å². The van der Waals surface area contributed by atoms with Crippen molar-refractivity contribution in [1.29, 1.82) is 0 Å². The van der Waals surface area contributed by atoms with Crippen LogP contribution in [0.5, 0.6) is 5.75 Å². The number of thioether (sulfide) groups is 1. The van der Waals surface area contributed by atoms with Gasteiger partial charge in [-0.15, -0.1) is 0 Å². The van der Waals surface area contributed by atoms with Crippen molar-refractivity contribution in [3.63, 3.8) is 0 Å². The van der Waals surface area contributed by atoms with Crippen molar-refractivity contribution in [1.82, 2.24) is 0 Å². The van der Waals surface area contributed by atoms with Gasteiger partial charge in [0.1, 0.15) is 5.75 Å². The van der Waals surface area contributed by atoms with E-state index in [1.54, 1.807) is 0 Å². The number of benzene rings is 1. The van der Waals surface area contributed by atoms with E-state index < -0.39 is 27.8 Å². The Hall–Kier alpha value is -1.42. The second-order valence-corrected chi connectivity index (χ2v) is 7.87. The number of rotatable bonds is 10. The third kappa shape index (κ3) is 8.00. The number of nitrogens with zero attached hydrogens (tertiary/aromatic N) is 1. The van der Waals surface area contributed by atoms with Crippen LogP contribution in [0.3, 0.4) is 0 Å². The van der Waals surface area contributed by atoms with E-state index in [1.807, 2.05) is 6.92 Å². The van der Waals surface area contributed by atoms with E-state index in [9.17, 15) is 21.6 Å². The van der Waals surface area contributed by atoms with Gasteiger partial charge >= 0.3 is 16.3 Å². The van der Waals surface area contributed by atoms with Gasteiger partial charge in [0.15, 0.2) is 5.71 Å². The van der Waals surface area contributed by atoms with Crippen molar-refractivity contribution < 1.29 is 30.6 Å². The standard InChI is InChI=1S/C15H20F3NO4S2/c1-3-4-9-24-10-11-25(20,21)23-19-14(15(16,17)18)12-5-7-13(22-2)8-6-12/h5-8H,3-4,9-11H2,1-2H3. The average Bonchev–Trinajstić information content (AvgIpc) is 2.54. The molecule has 0 saturated heterocycles. The van der Waals surface area contributed by atoms with Crippen LogP contribution in [-0.4, -0.2) is 44.7 Å². The number of methoxy groups -OCH3 is 1. The molecule has 0 atom stereocenters. The molecule has 10 heteroatoms. The van der Waals surface area contributed by atoms with E-state index in [1.165, 1.54) is 31.0 Å². The van der Waals surface area contributed by atoms with Crippen molar-refractivity contribution in [3.05, 3.63) is 29.8 Å². The SMILES string of the molecule is CCCCSCCS(=O)(=O)ON=C(c1ccc(OC)cc1)C(F)(F)F. The molecule has 0 aliphatic rings. The maximum atomic E-state index is 13.1. The van der Waals surface area contributed by atoms with Crippen LogP contribution in [0.25, 0.3) is 0 Å². The number of oxime groups is 1. The van der Waals surface area contributed by atoms with Gasteiger partial charge in [0.2, 0.25) is 0 Å². The minimum atomic E-state index is -4.86. The lowest BCUT2D eigenvalue weighted by Gasteiger charge is -2.11. The first-order chi connectivity index (χ1) is 11.7. The monoisotopic (exact) mass is 399 g/mol. The lowest BCUT2D eigenvalue weighted by Crippen LogP contribution is -2.25. The van der Waals surface area contributed by atoms with Gasteiger partial charge < -0.3 is 4.74 Å². The maximum Gasteiger partial charge on any atom is 0.437 e. The van der Waals surface area contributed by atoms with Crippen LogP contribution in [0.1, 0.15) is 25.3 Å². The summed E-state index contributed by atoms with van der Waals surface area (Å²) in [6.07, 6.45) is -2.93. The molecule has 1 rings (SSSR count). The minimum Gasteiger partial charge on any atom is -0.497 e. The third-order valence-corrected chi connectivity index (χ3v) is 5.33. The molecule has 0 aliphatic carbocycles. The predicted octanol–water partition coefficient (Wildman–Crippen LogP) is 3.84. The van der Waals surface area contributed by atoms with Gasteiger partial charge in [-0.1, -0.05) is 18.5 Å². The largest absolute Gasteiger partial charge is 0.497 e. The van der Waals surface area contributed by atoms with Crippen LogP contribution < -0.4 is 4.74 Å². The molecule has 0 unspecified atom stereocenters. The molecular weight excluding hydrogens is 379 g/mol. The molecule has 5 nitrogen and oxygen atoms in total. The molecule has 0 aromatic heterocycles. The molecule has 0 N–H and O–H groups in total. The number of unbranched alkanes of at least 4 members (excludes halogenated alkanes) is 1. The quantitative estimate of drug-likeness (QED) is 0.340. The Labute approximate surface area is 149 Å². The minimum absolute atomic E-state index is 0.238. The first kappa shape index (κ1) is 21.6. The predicted molar refractivity (Wildman–Crippen MR) is 92.7 cm³/mol. The molecular formula is C15H20F3NO4S2. The fraction of sp³-hybridized carbons (Fsp3) is 0.533. The van der Waals surface area contributed by atoms with Crippen molar-refractivity contribution in [2.45, 2.75) is 25.9 Å². The van der Waals surface area contributed by atoms with Crippen LogP contribution in [0.2, 0.25) is 0 Å². The smallest absolute Gasteiger partial charge is 0.437 e. The number of alkyl halides is 3. The molecule has 0 heterocycles. The molecule has 0 aliphatic heterocycles. The van der Waals surface area contributed by atoms with Gasteiger partial charge in [-0.2, -0.15) is 33.4 Å². The van der Waals surface area contributed by atoms with Crippen LogP contribution in [0.4, 0.5) is 13.2 Å². The van der Waals surface area contributed by atoms with Gasteiger partial charge in [-0.3, -0.25) is 4.28 Å². The molecule has 0 saturated carbocycles. The van der Waals surface area contributed by atoms with Crippen molar-refractivity contribution in [3.8, 4) is 5.75 Å². The molecule has 142 valence electrons. The number of hydrogen-bond acceptors (Lipinski definition) is 6. The van der Waals surface area contributed by atoms with Gasteiger partial charge in [-0.25, -0.2) is 0 Å². The topological polar surface area (TPSA) is 65.0 Å². The molecule has 1 aromatic carbocycles. The van der Waals surface area contributed by atoms with Gasteiger partial charge in [0, 0.05) is 11.3 Å². The summed E-state index contributed by atoms with van der Waals surface area (Å²) in [4.78, 5) is 0. The third-order valence-electron chi connectivity index (χ3n) is 2.99. The number of hydrogen-bond donors (Lipinski definition) is 0. The fourth-order valence-corrected chi connectivity index (χ4v) is 3.91. The lowest BCUT2D eigenvalue weighted by molar-refractivity contribution is -0.0597. The van der Waals surface area contributed by atoms with E-state index in [2.05, 4.69) is 9.44 Å². The summed E-state index contributed by atoms with van der Waals surface area (Å²) in [6.45, 7) is 2.01. The normalized spacial score (nSPS) is 12.9. The Morgan fingerprint density at radius 2 is 1.84 bits per heavy atom. The summed E-state index contributed by atoms with van der Waals surface area (Å²) in [7, 11) is -2.80. The zero-order valence-corrected chi connectivity index (χ0v) is 15.5. The van der Waals surface area contributed by atoms with Crippen molar-refractivity contribution >= 4 is 27.6 Å².